The Morgan fingerprint density at radius 2 is 2.09 bits per heavy atom. The summed E-state index contributed by atoms with van der Waals surface area (Å²) in [5.41, 5.74) is 3.26. The van der Waals surface area contributed by atoms with Crippen LogP contribution in [0, 0.1) is 6.92 Å². The highest BCUT2D eigenvalue weighted by Gasteiger charge is 2.33. The molecule has 0 saturated heterocycles. The van der Waals surface area contributed by atoms with Gasteiger partial charge in [0.05, 0.1) is 5.57 Å². The van der Waals surface area contributed by atoms with E-state index in [2.05, 4.69) is 12.2 Å². The number of carbonyl (C=O) groups excluding carboxylic acids is 2. The highest BCUT2D eigenvalue weighted by Crippen LogP contribution is 2.35. The van der Waals surface area contributed by atoms with E-state index in [1.807, 2.05) is 31.2 Å². The fraction of sp³-hybridized carbons (Fsp3) is 0.444. The summed E-state index contributed by atoms with van der Waals surface area (Å²) in [5, 5.41) is 2.77. The summed E-state index contributed by atoms with van der Waals surface area (Å²) in [6, 6.07) is 7.87. The van der Waals surface area contributed by atoms with Crippen molar-refractivity contribution in [1.29, 1.82) is 0 Å². The molecule has 2 rings (SSSR count). The standard InChI is InChI=1S/C18H23NO3S/c1-4-23-10-9-22-18(21)17-13(3)19-16(20)11-15(17)14-8-6-5-7-12(14)2/h5-8,15H,4,9-11H2,1-3H3,(H,19,20). The maximum atomic E-state index is 12.5. The normalized spacial score (nSPS) is 17.9. The number of aryl methyl sites for hydroxylation is 1. The Labute approximate surface area is 141 Å². The fourth-order valence-electron chi connectivity index (χ4n) is 2.83. The Hall–Kier alpha value is -1.75. The van der Waals surface area contributed by atoms with E-state index in [4.69, 9.17) is 4.74 Å². The van der Waals surface area contributed by atoms with Crippen molar-refractivity contribution in [3.8, 4) is 0 Å². The van der Waals surface area contributed by atoms with Gasteiger partial charge in [0.15, 0.2) is 0 Å². The van der Waals surface area contributed by atoms with Crippen molar-refractivity contribution in [1.82, 2.24) is 5.32 Å². The summed E-state index contributed by atoms with van der Waals surface area (Å²) < 4.78 is 5.41. The lowest BCUT2D eigenvalue weighted by molar-refractivity contribution is -0.139. The first-order valence-electron chi connectivity index (χ1n) is 7.85. The number of amides is 1. The molecule has 0 bridgehead atoms. The zero-order valence-electron chi connectivity index (χ0n) is 13.8. The van der Waals surface area contributed by atoms with E-state index in [-0.39, 0.29) is 24.2 Å². The van der Waals surface area contributed by atoms with Gasteiger partial charge in [0, 0.05) is 23.8 Å². The number of allylic oxidation sites excluding steroid dienone is 1. The highest BCUT2D eigenvalue weighted by molar-refractivity contribution is 7.99. The molecule has 1 aliphatic heterocycles. The molecule has 1 aliphatic rings. The van der Waals surface area contributed by atoms with Crippen LogP contribution in [-0.4, -0.2) is 30.0 Å². The second kappa shape index (κ2) is 8.20. The lowest BCUT2D eigenvalue weighted by atomic mass is 9.82. The van der Waals surface area contributed by atoms with E-state index in [0.29, 0.717) is 17.9 Å². The maximum absolute atomic E-state index is 12.5. The van der Waals surface area contributed by atoms with Crippen molar-refractivity contribution >= 4 is 23.6 Å². The Kier molecular flexibility index (Phi) is 6.28. The van der Waals surface area contributed by atoms with Crippen LogP contribution in [0.3, 0.4) is 0 Å². The molecular formula is C18H23NO3S. The Morgan fingerprint density at radius 1 is 1.35 bits per heavy atom. The molecule has 1 amide bonds. The maximum Gasteiger partial charge on any atom is 0.336 e. The van der Waals surface area contributed by atoms with Crippen LogP contribution >= 0.6 is 11.8 Å². The van der Waals surface area contributed by atoms with E-state index < -0.39 is 0 Å². The average molecular weight is 333 g/mol. The van der Waals surface area contributed by atoms with Crippen LogP contribution < -0.4 is 5.32 Å². The molecule has 0 spiro atoms. The average Bonchev–Trinajstić information content (AvgIpc) is 2.51. The third-order valence-electron chi connectivity index (χ3n) is 3.92. The number of thioether (sulfide) groups is 1. The number of carbonyl (C=O) groups is 2. The molecule has 5 heteroatoms. The van der Waals surface area contributed by atoms with Crippen LogP contribution in [0.25, 0.3) is 0 Å². The Morgan fingerprint density at radius 3 is 2.78 bits per heavy atom. The summed E-state index contributed by atoms with van der Waals surface area (Å²) in [7, 11) is 0. The first-order chi connectivity index (χ1) is 11.0. The van der Waals surface area contributed by atoms with Crippen molar-refractivity contribution < 1.29 is 14.3 Å². The fourth-order valence-corrected chi connectivity index (χ4v) is 3.32. The predicted molar refractivity (Wildman–Crippen MR) is 93.3 cm³/mol. The number of benzene rings is 1. The van der Waals surface area contributed by atoms with Crippen molar-refractivity contribution in [2.45, 2.75) is 33.1 Å². The number of rotatable bonds is 6. The molecule has 1 atom stereocenters. The van der Waals surface area contributed by atoms with E-state index >= 15 is 0 Å². The predicted octanol–water partition coefficient (Wildman–Crippen LogP) is 3.17. The minimum absolute atomic E-state index is 0.0613. The summed E-state index contributed by atoms with van der Waals surface area (Å²) in [6.07, 6.45) is 0.274. The molecule has 1 heterocycles. The Balaban J connectivity index is 2.25. The molecule has 0 fully saturated rings. The summed E-state index contributed by atoms with van der Waals surface area (Å²) >= 11 is 1.73. The molecule has 1 unspecified atom stereocenters. The second-order valence-corrected chi connectivity index (χ2v) is 6.93. The topological polar surface area (TPSA) is 55.4 Å². The van der Waals surface area contributed by atoms with Crippen molar-refractivity contribution in [2.24, 2.45) is 0 Å². The van der Waals surface area contributed by atoms with Crippen LogP contribution in [-0.2, 0) is 14.3 Å². The lowest BCUT2D eigenvalue weighted by Gasteiger charge is -2.27. The highest BCUT2D eigenvalue weighted by atomic mass is 32.2. The minimum atomic E-state index is -0.326. The molecule has 0 aromatic heterocycles. The molecule has 23 heavy (non-hydrogen) atoms. The van der Waals surface area contributed by atoms with Crippen molar-refractivity contribution in [2.75, 3.05) is 18.1 Å². The Bertz CT molecular complexity index is 624. The van der Waals surface area contributed by atoms with Gasteiger partial charge in [0.1, 0.15) is 6.61 Å². The smallest absolute Gasteiger partial charge is 0.336 e. The third kappa shape index (κ3) is 4.38. The summed E-state index contributed by atoms with van der Waals surface area (Å²) in [5.74, 6) is 1.16. The van der Waals surface area contributed by atoms with Crippen LogP contribution in [0.1, 0.15) is 37.3 Å². The van der Waals surface area contributed by atoms with Crippen molar-refractivity contribution in [3.05, 3.63) is 46.7 Å². The second-order valence-electron chi connectivity index (χ2n) is 5.53. The van der Waals surface area contributed by atoms with E-state index in [9.17, 15) is 9.59 Å². The van der Waals surface area contributed by atoms with Crippen LogP contribution in [0.4, 0.5) is 0 Å². The zero-order chi connectivity index (χ0) is 16.8. The molecule has 0 radical (unpaired) electrons. The molecular weight excluding hydrogens is 310 g/mol. The van der Waals surface area contributed by atoms with Gasteiger partial charge in [0.2, 0.25) is 5.91 Å². The molecule has 1 aromatic rings. The van der Waals surface area contributed by atoms with E-state index in [1.165, 1.54) is 0 Å². The van der Waals surface area contributed by atoms with Gasteiger partial charge in [0.25, 0.3) is 0 Å². The molecule has 4 nitrogen and oxygen atoms in total. The number of esters is 1. The van der Waals surface area contributed by atoms with Gasteiger partial charge in [-0.25, -0.2) is 4.79 Å². The van der Waals surface area contributed by atoms with E-state index in [1.54, 1.807) is 18.7 Å². The van der Waals surface area contributed by atoms with Crippen LogP contribution in [0.5, 0.6) is 0 Å². The number of nitrogens with one attached hydrogen (secondary N) is 1. The van der Waals surface area contributed by atoms with E-state index in [0.717, 1.165) is 22.6 Å². The van der Waals surface area contributed by atoms with Crippen molar-refractivity contribution in [3.63, 3.8) is 0 Å². The largest absolute Gasteiger partial charge is 0.461 e. The molecule has 1 N–H and O–H groups in total. The first-order valence-corrected chi connectivity index (χ1v) is 9.01. The lowest BCUT2D eigenvalue weighted by Crippen LogP contribution is -2.34. The van der Waals surface area contributed by atoms with Crippen LogP contribution in [0.15, 0.2) is 35.5 Å². The zero-order valence-corrected chi connectivity index (χ0v) is 14.7. The molecule has 124 valence electrons. The van der Waals surface area contributed by atoms with Gasteiger partial charge < -0.3 is 10.1 Å². The molecule has 1 aromatic carbocycles. The minimum Gasteiger partial charge on any atom is -0.461 e. The monoisotopic (exact) mass is 333 g/mol. The SMILES string of the molecule is CCSCCOC(=O)C1=C(C)NC(=O)CC1c1ccccc1C. The number of hydrogen-bond acceptors (Lipinski definition) is 4. The van der Waals surface area contributed by atoms with Gasteiger partial charge in [-0.05, 0) is 30.7 Å². The summed E-state index contributed by atoms with van der Waals surface area (Å²) in [4.78, 5) is 24.5. The molecule has 0 aliphatic carbocycles. The first kappa shape index (κ1) is 17.6. The number of hydrogen-bond donors (Lipinski definition) is 1. The van der Waals surface area contributed by atoms with Gasteiger partial charge >= 0.3 is 5.97 Å². The van der Waals surface area contributed by atoms with Gasteiger partial charge in [-0.15, -0.1) is 0 Å². The third-order valence-corrected chi connectivity index (χ3v) is 4.78. The van der Waals surface area contributed by atoms with Crippen LogP contribution in [0.2, 0.25) is 0 Å². The van der Waals surface area contributed by atoms with Gasteiger partial charge in [-0.1, -0.05) is 31.2 Å². The quantitative estimate of drug-likeness (QED) is 0.642. The van der Waals surface area contributed by atoms with Gasteiger partial charge in [-0.2, -0.15) is 11.8 Å². The number of ether oxygens (including phenoxy) is 1. The molecule has 0 saturated carbocycles. The van der Waals surface area contributed by atoms with Gasteiger partial charge in [-0.3, -0.25) is 4.79 Å². The summed E-state index contributed by atoms with van der Waals surface area (Å²) in [6.45, 7) is 6.23.